The van der Waals surface area contributed by atoms with E-state index in [1.54, 1.807) is 60.6 Å². The normalized spacial score (nSPS) is 17.0. The van der Waals surface area contributed by atoms with E-state index in [-0.39, 0.29) is 23.9 Å². The lowest BCUT2D eigenvalue weighted by atomic mass is 10.1. The van der Waals surface area contributed by atoms with Gasteiger partial charge in [-0.3, -0.25) is 4.79 Å². The predicted molar refractivity (Wildman–Crippen MR) is 115 cm³/mol. The highest BCUT2D eigenvalue weighted by Crippen LogP contribution is 2.40. The van der Waals surface area contributed by atoms with E-state index < -0.39 is 10.0 Å². The highest BCUT2D eigenvalue weighted by Gasteiger charge is 2.29. The zero-order chi connectivity index (χ0) is 21.8. The maximum Gasteiger partial charge on any atom is 0.246 e. The van der Waals surface area contributed by atoms with Crippen LogP contribution in [0.1, 0.15) is 5.56 Å². The molecule has 1 saturated heterocycles. The minimum atomic E-state index is -3.55. The molecule has 2 aromatic rings. The highest BCUT2D eigenvalue weighted by atomic mass is 32.2. The Morgan fingerprint density at radius 3 is 2.45 bits per heavy atom. The molecule has 2 heterocycles. The Morgan fingerprint density at radius 1 is 1.03 bits per heavy atom. The number of fused-ring (bicyclic) bond motifs is 1. The summed E-state index contributed by atoms with van der Waals surface area (Å²) in [5.41, 5.74) is 0.750. The van der Waals surface area contributed by atoms with Crippen LogP contribution in [0.15, 0.2) is 53.4 Å². The summed E-state index contributed by atoms with van der Waals surface area (Å²) in [5, 5.41) is 0. The summed E-state index contributed by atoms with van der Waals surface area (Å²) in [5.74, 6) is 1.51. The van der Waals surface area contributed by atoms with Gasteiger partial charge in [0.2, 0.25) is 21.7 Å². The summed E-state index contributed by atoms with van der Waals surface area (Å²) >= 11 is 0. The molecule has 0 atom stereocenters. The lowest BCUT2D eigenvalue weighted by molar-refractivity contribution is -0.127. The van der Waals surface area contributed by atoms with Gasteiger partial charge in [0, 0.05) is 32.3 Å². The fourth-order valence-corrected chi connectivity index (χ4v) is 5.00. The molecule has 0 N–H and O–H groups in total. The van der Waals surface area contributed by atoms with Gasteiger partial charge in [0.15, 0.2) is 11.5 Å². The van der Waals surface area contributed by atoms with Crippen LogP contribution in [0.2, 0.25) is 0 Å². The molecule has 0 unspecified atom stereocenters. The quantitative estimate of drug-likeness (QED) is 0.656. The molecule has 4 rings (SSSR count). The summed E-state index contributed by atoms with van der Waals surface area (Å²) < 4.78 is 43.4. The average molecular weight is 445 g/mol. The van der Waals surface area contributed by atoms with Crippen LogP contribution in [-0.2, 0) is 14.8 Å². The van der Waals surface area contributed by atoms with Gasteiger partial charge in [-0.25, -0.2) is 8.42 Å². The van der Waals surface area contributed by atoms with E-state index in [2.05, 4.69) is 0 Å². The Hall–Kier alpha value is -3.04. The van der Waals surface area contributed by atoms with Crippen molar-refractivity contribution in [2.24, 2.45) is 0 Å². The maximum absolute atomic E-state index is 12.7. The maximum atomic E-state index is 12.7. The zero-order valence-electron chi connectivity index (χ0n) is 17.2. The molecule has 0 spiro atoms. The lowest BCUT2D eigenvalue weighted by Crippen LogP contribution is -2.50. The molecule has 2 aromatic carbocycles. The number of nitrogens with zero attached hydrogens (tertiary/aromatic N) is 2. The molecule has 0 bridgehead atoms. The summed E-state index contributed by atoms with van der Waals surface area (Å²) in [6.45, 7) is 2.10. The van der Waals surface area contributed by atoms with Gasteiger partial charge >= 0.3 is 0 Å². The third-order valence-electron chi connectivity index (χ3n) is 5.20. The molecular formula is C22H24N2O6S. The molecule has 9 heteroatoms. The van der Waals surface area contributed by atoms with Crippen LogP contribution in [0, 0.1) is 0 Å². The number of methoxy groups -OCH3 is 1. The number of carbonyl (C=O) groups excluding carboxylic acids is 1. The van der Waals surface area contributed by atoms with Crippen LogP contribution >= 0.6 is 0 Å². The molecule has 0 saturated carbocycles. The van der Waals surface area contributed by atoms with Crippen molar-refractivity contribution in [3.63, 3.8) is 0 Å². The van der Waals surface area contributed by atoms with Crippen molar-refractivity contribution in [3.05, 3.63) is 54.1 Å². The third-order valence-corrected chi connectivity index (χ3v) is 7.11. The van der Waals surface area contributed by atoms with E-state index in [9.17, 15) is 13.2 Å². The van der Waals surface area contributed by atoms with Crippen molar-refractivity contribution >= 4 is 22.0 Å². The van der Waals surface area contributed by atoms with E-state index in [1.165, 1.54) is 10.4 Å². The predicted octanol–water partition coefficient (Wildman–Crippen LogP) is 2.01. The fourth-order valence-electron chi connectivity index (χ4n) is 3.55. The van der Waals surface area contributed by atoms with Crippen molar-refractivity contribution in [2.75, 3.05) is 46.5 Å². The standard InChI is InChI=1S/C22H24N2O6S/c1-28-19-15-17(16-20-22(19)30-14-13-29-20)7-8-21(25)23-9-11-24(12-10-23)31(26,27)18-5-3-2-4-6-18/h2-8,15-16H,9-14H2,1H3/b8-7+. The van der Waals surface area contributed by atoms with E-state index >= 15 is 0 Å². The van der Waals surface area contributed by atoms with Crippen molar-refractivity contribution in [2.45, 2.75) is 4.90 Å². The first-order chi connectivity index (χ1) is 15.0. The molecule has 1 amide bonds. The van der Waals surface area contributed by atoms with Crippen LogP contribution < -0.4 is 14.2 Å². The van der Waals surface area contributed by atoms with Crippen LogP contribution in [0.3, 0.4) is 0 Å². The first-order valence-electron chi connectivity index (χ1n) is 9.99. The summed E-state index contributed by atoms with van der Waals surface area (Å²) in [4.78, 5) is 14.5. The van der Waals surface area contributed by atoms with Crippen molar-refractivity contribution in [1.82, 2.24) is 9.21 Å². The number of sulfonamides is 1. The van der Waals surface area contributed by atoms with Gasteiger partial charge in [-0.15, -0.1) is 0 Å². The van der Waals surface area contributed by atoms with Crippen molar-refractivity contribution in [1.29, 1.82) is 0 Å². The number of hydrogen-bond acceptors (Lipinski definition) is 6. The van der Waals surface area contributed by atoms with E-state index in [4.69, 9.17) is 14.2 Å². The van der Waals surface area contributed by atoms with Crippen molar-refractivity contribution < 1.29 is 27.4 Å². The summed E-state index contributed by atoms with van der Waals surface area (Å²) in [7, 11) is -1.99. The molecule has 2 aliphatic heterocycles. The largest absolute Gasteiger partial charge is 0.493 e. The number of rotatable bonds is 5. The highest BCUT2D eigenvalue weighted by molar-refractivity contribution is 7.89. The zero-order valence-corrected chi connectivity index (χ0v) is 18.0. The molecule has 0 aliphatic carbocycles. The summed E-state index contributed by atoms with van der Waals surface area (Å²) in [6.07, 6.45) is 3.17. The van der Waals surface area contributed by atoms with E-state index in [0.29, 0.717) is 43.6 Å². The van der Waals surface area contributed by atoms with Crippen LogP contribution in [-0.4, -0.2) is 70.0 Å². The second-order valence-electron chi connectivity index (χ2n) is 7.12. The van der Waals surface area contributed by atoms with Gasteiger partial charge in [-0.05, 0) is 35.9 Å². The number of benzene rings is 2. The first kappa shape index (κ1) is 21.2. The minimum Gasteiger partial charge on any atom is -0.493 e. The first-order valence-corrected chi connectivity index (χ1v) is 11.4. The molecule has 0 radical (unpaired) electrons. The Balaban J connectivity index is 1.40. The smallest absolute Gasteiger partial charge is 0.246 e. The lowest BCUT2D eigenvalue weighted by Gasteiger charge is -2.33. The van der Waals surface area contributed by atoms with E-state index in [0.717, 1.165) is 5.56 Å². The number of carbonyl (C=O) groups is 1. The van der Waals surface area contributed by atoms with Crippen LogP contribution in [0.25, 0.3) is 6.08 Å². The van der Waals surface area contributed by atoms with Gasteiger partial charge in [-0.2, -0.15) is 4.31 Å². The van der Waals surface area contributed by atoms with Gasteiger partial charge < -0.3 is 19.1 Å². The SMILES string of the molecule is COc1cc(/C=C/C(=O)N2CCN(S(=O)(=O)c3ccccc3)CC2)cc2c1OCCO2. The Morgan fingerprint density at radius 2 is 1.74 bits per heavy atom. The van der Waals surface area contributed by atoms with Gasteiger partial charge in [0.25, 0.3) is 0 Å². The van der Waals surface area contributed by atoms with Crippen LogP contribution in [0.5, 0.6) is 17.2 Å². The second-order valence-corrected chi connectivity index (χ2v) is 9.06. The average Bonchev–Trinajstić information content (AvgIpc) is 2.82. The molecule has 8 nitrogen and oxygen atoms in total. The number of hydrogen-bond donors (Lipinski definition) is 0. The van der Waals surface area contributed by atoms with Crippen molar-refractivity contribution in [3.8, 4) is 17.2 Å². The molecule has 0 aromatic heterocycles. The Bertz CT molecular complexity index is 1060. The number of amides is 1. The van der Waals surface area contributed by atoms with Gasteiger partial charge in [-0.1, -0.05) is 18.2 Å². The molecular weight excluding hydrogens is 420 g/mol. The number of ether oxygens (including phenoxy) is 3. The molecule has 1 fully saturated rings. The minimum absolute atomic E-state index is 0.175. The topological polar surface area (TPSA) is 85.4 Å². The van der Waals surface area contributed by atoms with Gasteiger partial charge in [0.05, 0.1) is 12.0 Å². The Labute approximate surface area is 181 Å². The molecule has 2 aliphatic rings. The summed E-state index contributed by atoms with van der Waals surface area (Å²) in [6, 6.07) is 11.9. The number of piperazine rings is 1. The monoisotopic (exact) mass is 444 g/mol. The van der Waals surface area contributed by atoms with Crippen LogP contribution in [0.4, 0.5) is 0 Å². The molecule has 164 valence electrons. The second kappa shape index (κ2) is 8.99. The Kier molecular flexibility index (Phi) is 6.15. The van der Waals surface area contributed by atoms with Gasteiger partial charge in [0.1, 0.15) is 13.2 Å². The molecule has 31 heavy (non-hydrogen) atoms. The van der Waals surface area contributed by atoms with E-state index in [1.807, 2.05) is 0 Å². The fraction of sp³-hybridized carbons (Fsp3) is 0.318. The third kappa shape index (κ3) is 4.52.